The molecule has 0 aliphatic heterocycles. The number of hydrogen-bond donors (Lipinski definition) is 1. The molecule has 0 radical (unpaired) electrons. The van der Waals surface area contributed by atoms with Crippen LogP contribution in [-0.2, 0) is 0 Å². The molecule has 152 valence electrons. The van der Waals surface area contributed by atoms with Gasteiger partial charge < -0.3 is 10.1 Å². The summed E-state index contributed by atoms with van der Waals surface area (Å²) < 4.78 is 8.05. The van der Waals surface area contributed by atoms with Gasteiger partial charge in [0.2, 0.25) is 0 Å². The van der Waals surface area contributed by atoms with Gasteiger partial charge in [-0.1, -0.05) is 35.1 Å². The minimum atomic E-state index is 0.386. The topological polar surface area (TPSA) is 88.7 Å². The van der Waals surface area contributed by atoms with Gasteiger partial charge in [-0.15, -0.1) is 0 Å². The molecule has 5 aromatic rings. The molecule has 0 atom stereocenters. The fraction of sp³-hybridized carbons (Fsp3) is 0.0909. The fourth-order valence-corrected chi connectivity index (χ4v) is 4.57. The van der Waals surface area contributed by atoms with Crippen molar-refractivity contribution >= 4 is 55.0 Å². The number of aromatic nitrogens is 4. The number of methoxy groups -OCH3 is 1. The van der Waals surface area contributed by atoms with E-state index in [1.165, 1.54) is 17.5 Å². The van der Waals surface area contributed by atoms with Crippen LogP contribution in [0.5, 0.6) is 5.75 Å². The third-order valence-corrected chi connectivity index (χ3v) is 6.07. The van der Waals surface area contributed by atoms with E-state index in [1.807, 2.05) is 43.3 Å². The molecule has 7 nitrogen and oxygen atoms in total. The van der Waals surface area contributed by atoms with Gasteiger partial charge in [0, 0.05) is 10.4 Å². The molecule has 2 aromatic carbocycles. The maximum atomic E-state index is 9.62. The Morgan fingerprint density at radius 2 is 2.06 bits per heavy atom. The summed E-state index contributed by atoms with van der Waals surface area (Å²) in [7, 11) is 1.62. The summed E-state index contributed by atoms with van der Waals surface area (Å²) in [5.41, 5.74) is 2.96. The van der Waals surface area contributed by atoms with E-state index in [0.717, 1.165) is 26.7 Å². The Balaban J connectivity index is 1.64. The van der Waals surface area contributed by atoms with Crippen molar-refractivity contribution in [1.82, 2.24) is 19.7 Å². The van der Waals surface area contributed by atoms with Crippen LogP contribution in [0.3, 0.4) is 0 Å². The number of nitriles is 1. The standard InChI is InChI=1S/C22H15ClN6OS/c1-12-8-19(27-20-15(12)4-3-5-17(20)30-2)29-21(13(10-24)11-25-29)28-22-26-16-7-6-14(23)9-18(16)31-22/h3-9,11H,1-2H3,(H,26,28). The SMILES string of the molecule is COc1cccc2c(C)cc(-n3ncc(C#N)c3Nc3nc4ccc(Cl)cc4s3)nc12. The predicted molar refractivity (Wildman–Crippen MR) is 123 cm³/mol. The van der Waals surface area contributed by atoms with Crippen molar-refractivity contribution in [3.8, 4) is 17.6 Å². The first kappa shape index (κ1) is 19.3. The smallest absolute Gasteiger partial charge is 0.189 e. The lowest BCUT2D eigenvalue weighted by molar-refractivity contribution is 0.419. The molecular formula is C22H15ClN6OS. The van der Waals surface area contributed by atoms with Crippen molar-refractivity contribution in [2.24, 2.45) is 0 Å². The van der Waals surface area contributed by atoms with Gasteiger partial charge in [-0.25, -0.2) is 9.97 Å². The van der Waals surface area contributed by atoms with Crippen LogP contribution in [-0.4, -0.2) is 26.9 Å². The van der Waals surface area contributed by atoms with E-state index in [0.29, 0.717) is 33.1 Å². The van der Waals surface area contributed by atoms with Gasteiger partial charge in [0.25, 0.3) is 0 Å². The number of halogens is 1. The Bertz CT molecular complexity index is 1500. The molecule has 0 aliphatic rings. The molecule has 0 spiro atoms. The number of nitrogens with zero attached hydrogens (tertiary/aromatic N) is 5. The third-order valence-electron chi connectivity index (χ3n) is 4.90. The first-order valence-electron chi connectivity index (χ1n) is 9.33. The number of benzene rings is 2. The highest BCUT2D eigenvalue weighted by Gasteiger charge is 2.17. The second kappa shape index (κ2) is 7.54. The molecule has 1 N–H and O–H groups in total. The molecule has 0 saturated carbocycles. The van der Waals surface area contributed by atoms with Gasteiger partial charge in [0.05, 0.1) is 23.5 Å². The van der Waals surface area contributed by atoms with Gasteiger partial charge in [-0.2, -0.15) is 15.0 Å². The lowest BCUT2D eigenvalue weighted by Crippen LogP contribution is -2.06. The molecule has 0 amide bonds. The van der Waals surface area contributed by atoms with Crippen molar-refractivity contribution in [2.45, 2.75) is 6.92 Å². The number of nitrogens with one attached hydrogen (secondary N) is 1. The highest BCUT2D eigenvalue weighted by molar-refractivity contribution is 7.22. The summed E-state index contributed by atoms with van der Waals surface area (Å²) in [4.78, 5) is 9.36. The van der Waals surface area contributed by atoms with Gasteiger partial charge >= 0.3 is 0 Å². The van der Waals surface area contributed by atoms with Crippen LogP contribution in [0.15, 0.2) is 48.7 Å². The van der Waals surface area contributed by atoms with E-state index in [4.69, 9.17) is 21.3 Å². The Hall–Kier alpha value is -3.67. The van der Waals surface area contributed by atoms with Crippen LogP contribution < -0.4 is 10.1 Å². The van der Waals surface area contributed by atoms with Crippen LogP contribution in [0.2, 0.25) is 5.02 Å². The predicted octanol–water partition coefficient (Wildman–Crippen LogP) is 5.62. The molecule has 3 aromatic heterocycles. The number of anilines is 2. The molecule has 5 rings (SSSR count). The zero-order valence-electron chi connectivity index (χ0n) is 16.5. The van der Waals surface area contributed by atoms with Crippen molar-refractivity contribution in [2.75, 3.05) is 12.4 Å². The Morgan fingerprint density at radius 3 is 2.87 bits per heavy atom. The van der Waals surface area contributed by atoms with Crippen molar-refractivity contribution in [3.05, 3.63) is 64.8 Å². The Morgan fingerprint density at radius 1 is 1.19 bits per heavy atom. The van der Waals surface area contributed by atoms with Crippen molar-refractivity contribution < 1.29 is 4.74 Å². The van der Waals surface area contributed by atoms with Gasteiger partial charge in [0.15, 0.2) is 16.8 Å². The van der Waals surface area contributed by atoms with Gasteiger partial charge in [0.1, 0.15) is 22.9 Å². The van der Waals surface area contributed by atoms with Crippen LogP contribution in [0, 0.1) is 18.3 Å². The largest absolute Gasteiger partial charge is 0.494 e. The van der Waals surface area contributed by atoms with E-state index >= 15 is 0 Å². The summed E-state index contributed by atoms with van der Waals surface area (Å²) in [5, 5.41) is 19.6. The summed E-state index contributed by atoms with van der Waals surface area (Å²) in [6, 6.07) is 15.4. The summed E-state index contributed by atoms with van der Waals surface area (Å²) >= 11 is 7.54. The highest BCUT2D eigenvalue weighted by atomic mass is 35.5. The number of hydrogen-bond acceptors (Lipinski definition) is 7. The zero-order valence-corrected chi connectivity index (χ0v) is 18.1. The average molecular weight is 447 g/mol. The van der Waals surface area contributed by atoms with Gasteiger partial charge in [-0.05, 0) is 42.8 Å². The lowest BCUT2D eigenvalue weighted by atomic mass is 10.1. The number of para-hydroxylation sites is 1. The molecule has 0 fully saturated rings. The fourth-order valence-electron chi connectivity index (χ4n) is 3.42. The normalized spacial score (nSPS) is 11.0. The first-order valence-corrected chi connectivity index (χ1v) is 10.5. The zero-order chi connectivity index (χ0) is 21.5. The average Bonchev–Trinajstić information content (AvgIpc) is 3.36. The maximum Gasteiger partial charge on any atom is 0.189 e. The van der Waals surface area contributed by atoms with E-state index in [1.54, 1.807) is 17.9 Å². The number of fused-ring (bicyclic) bond motifs is 2. The quantitative estimate of drug-likeness (QED) is 0.385. The van der Waals surface area contributed by atoms with Crippen LogP contribution >= 0.6 is 22.9 Å². The molecular weight excluding hydrogens is 432 g/mol. The molecule has 9 heteroatoms. The molecule has 0 bridgehead atoms. The van der Waals surface area contributed by atoms with E-state index in [9.17, 15) is 5.26 Å². The van der Waals surface area contributed by atoms with Crippen molar-refractivity contribution in [3.63, 3.8) is 0 Å². The Labute approximate surface area is 186 Å². The van der Waals surface area contributed by atoms with Gasteiger partial charge in [-0.3, -0.25) is 0 Å². The number of rotatable bonds is 4. The maximum absolute atomic E-state index is 9.62. The van der Waals surface area contributed by atoms with Crippen LogP contribution in [0.1, 0.15) is 11.1 Å². The number of aryl methyl sites for hydroxylation is 1. The molecule has 0 unspecified atom stereocenters. The monoisotopic (exact) mass is 446 g/mol. The number of pyridine rings is 1. The second-order valence-electron chi connectivity index (χ2n) is 6.84. The molecule has 31 heavy (non-hydrogen) atoms. The van der Waals surface area contributed by atoms with Crippen molar-refractivity contribution in [1.29, 1.82) is 5.26 Å². The summed E-state index contributed by atoms with van der Waals surface area (Å²) in [5.74, 6) is 1.74. The summed E-state index contributed by atoms with van der Waals surface area (Å²) in [6.45, 7) is 2.01. The lowest BCUT2D eigenvalue weighted by Gasteiger charge is -2.12. The number of thiazole rings is 1. The Kier molecular flexibility index (Phi) is 4.70. The minimum absolute atomic E-state index is 0.386. The second-order valence-corrected chi connectivity index (χ2v) is 8.31. The van der Waals surface area contributed by atoms with E-state index < -0.39 is 0 Å². The van der Waals surface area contributed by atoms with Crippen LogP contribution in [0.4, 0.5) is 10.9 Å². The van der Waals surface area contributed by atoms with E-state index in [2.05, 4.69) is 21.5 Å². The molecule has 0 saturated heterocycles. The highest BCUT2D eigenvalue weighted by Crippen LogP contribution is 2.33. The third kappa shape index (κ3) is 3.34. The number of ether oxygens (including phenoxy) is 1. The minimum Gasteiger partial charge on any atom is -0.494 e. The molecule has 3 heterocycles. The first-order chi connectivity index (χ1) is 15.1. The van der Waals surface area contributed by atoms with Crippen LogP contribution in [0.25, 0.3) is 26.9 Å². The summed E-state index contributed by atoms with van der Waals surface area (Å²) in [6.07, 6.45) is 1.51. The molecule has 0 aliphatic carbocycles. The van der Waals surface area contributed by atoms with E-state index in [-0.39, 0.29) is 0 Å².